The van der Waals surface area contributed by atoms with Gasteiger partial charge in [0.2, 0.25) is 11.9 Å². The molecule has 1 aromatic heterocycles. The van der Waals surface area contributed by atoms with Gasteiger partial charge < -0.3 is 19.3 Å². The Morgan fingerprint density at radius 3 is 2.71 bits per heavy atom. The van der Waals surface area contributed by atoms with Crippen LogP contribution in [-0.4, -0.2) is 66.4 Å². The summed E-state index contributed by atoms with van der Waals surface area (Å²) in [6.07, 6.45) is 1.90. The van der Waals surface area contributed by atoms with Crippen LogP contribution in [0.4, 0.5) is 11.6 Å². The summed E-state index contributed by atoms with van der Waals surface area (Å²) in [7, 11) is 1.67. The van der Waals surface area contributed by atoms with Crippen molar-refractivity contribution in [1.29, 1.82) is 0 Å². The Bertz CT molecular complexity index is 1130. The Kier molecular flexibility index (Phi) is 7.01. The summed E-state index contributed by atoms with van der Waals surface area (Å²) in [5.74, 6) is 2.05. The molecule has 3 aromatic rings. The number of nitrogens with zero attached hydrogens (tertiary/aromatic N) is 5. The van der Waals surface area contributed by atoms with Gasteiger partial charge in [-0.1, -0.05) is 42.1 Å². The lowest BCUT2D eigenvalue weighted by molar-refractivity contribution is -0.116. The third-order valence-corrected chi connectivity index (χ3v) is 7.16. The molecular formula is C25H29N5O3S. The first-order valence-electron chi connectivity index (χ1n) is 11.6. The molecule has 2 aromatic carbocycles. The summed E-state index contributed by atoms with van der Waals surface area (Å²) in [5.41, 5.74) is 3.31. The summed E-state index contributed by atoms with van der Waals surface area (Å²) < 4.78 is 13.0. The fourth-order valence-corrected chi connectivity index (χ4v) is 5.26. The maximum atomic E-state index is 13.3. The fraction of sp³-hybridized carbons (Fsp3) is 0.400. The molecule has 1 fully saturated rings. The molecule has 5 rings (SSSR count). The summed E-state index contributed by atoms with van der Waals surface area (Å²) in [6.45, 7) is 4.31. The summed E-state index contributed by atoms with van der Waals surface area (Å²) in [5, 5.41) is 9.74. The Morgan fingerprint density at radius 1 is 1.09 bits per heavy atom. The number of aromatic nitrogens is 3. The minimum atomic E-state index is 0.0818. The van der Waals surface area contributed by atoms with Gasteiger partial charge in [0.25, 0.3) is 0 Å². The van der Waals surface area contributed by atoms with Crippen LogP contribution in [0.1, 0.15) is 17.5 Å². The highest BCUT2D eigenvalue weighted by Crippen LogP contribution is 2.32. The maximum absolute atomic E-state index is 13.3. The van der Waals surface area contributed by atoms with Crippen LogP contribution in [0.3, 0.4) is 0 Å². The van der Waals surface area contributed by atoms with E-state index in [2.05, 4.69) is 31.8 Å². The van der Waals surface area contributed by atoms with Gasteiger partial charge in [-0.05, 0) is 42.2 Å². The number of fused-ring (bicyclic) bond motifs is 1. The predicted molar refractivity (Wildman–Crippen MR) is 133 cm³/mol. The monoisotopic (exact) mass is 479 g/mol. The average molecular weight is 480 g/mol. The van der Waals surface area contributed by atoms with Crippen molar-refractivity contribution >= 4 is 29.3 Å². The summed E-state index contributed by atoms with van der Waals surface area (Å²) >= 11 is 1.45. The highest BCUT2D eigenvalue weighted by Gasteiger charge is 2.25. The van der Waals surface area contributed by atoms with Crippen LogP contribution >= 0.6 is 11.8 Å². The lowest BCUT2D eigenvalue weighted by Crippen LogP contribution is -2.38. The third-order valence-electron chi connectivity index (χ3n) is 6.21. The highest BCUT2D eigenvalue weighted by molar-refractivity contribution is 7.99. The first-order valence-corrected chi connectivity index (χ1v) is 12.6. The zero-order chi connectivity index (χ0) is 23.3. The zero-order valence-electron chi connectivity index (χ0n) is 19.4. The second-order valence-electron chi connectivity index (χ2n) is 8.39. The van der Waals surface area contributed by atoms with Crippen LogP contribution in [0.25, 0.3) is 0 Å². The number of carbonyl (C=O) groups excluding carboxylic acids is 1. The SMILES string of the molecule is COc1ccc2c(c1)CCCN2C(=O)CSc1nnc(N2CCOCC2)n1Cc1ccccc1. The van der Waals surface area contributed by atoms with E-state index < -0.39 is 0 Å². The molecule has 178 valence electrons. The molecule has 1 amide bonds. The van der Waals surface area contributed by atoms with E-state index in [0.717, 1.165) is 60.6 Å². The molecule has 0 saturated carbocycles. The second kappa shape index (κ2) is 10.5. The van der Waals surface area contributed by atoms with E-state index in [-0.39, 0.29) is 5.91 Å². The van der Waals surface area contributed by atoms with E-state index in [1.165, 1.54) is 17.3 Å². The van der Waals surface area contributed by atoms with Gasteiger partial charge >= 0.3 is 0 Å². The standard InChI is InChI=1S/C25H29N5O3S/c1-32-21-9-10-22-20(16-21)8-5-11-29(22)23(31)18-34-25-27-26-24(28-12-14-33-15-13-28)30(25)17-19-6-3-2-4-7-19/h2-4,6-7,9-10,16H,5,8,11-15,17-18H2,1H3. The number of anilines is 2. The number of aryl methyl sites for hydroxylation is 1. The number of rotatable bonds is 7. The maximum Gasteiger partial charge on any atom is 0.237 e. The Morgan fingerprint density at radius 2 is 1.91 bits per heavy atom. The number of carbonyl (C=O) groups is 1. The summed E-state index contributed by atoms with van der Waals surface area (Å²) in [4.78, 5) is 17.4. The molecule has 0 bridgehead atoms. The lowest BCUT2D eigenvalue weighted by atomic mass is 10.0. The first kappa shape index (κ1) is 22.7. The van der Waals surface area contributed by atoms with E-state index in [4.69, 9.17) is 9.47 Å². The molecule has 0 aliphatic carbocycles. The largest absolute Gasteiger partial charge is 0.497 e. The molecule has 0 unspecified atom stereocenters. The van der Waals surface area contributed by atoms with Crippen LogP contribution in [-0.2, 0) is 22.5 Å². The number of ether oxygens (including phenoxy) is 2. The van der Waals surface area contributed by atoms with Crippen molar-refractivity contribution in [1.82, 2.24) is 14.8 Å². The first-order chi connectivity index (χ1) is 16.7. The van der Waals surface area contributed by atoms with Gasteiger partial charge in [0.15, 0.2) is 5.16 Å². The fourth-order valence-electron chi connectivity index (χ4n) is 4.45. The Balaban J connectivity index is 1.34. The van der Waals surface area contributed by atoms with Crippen molar-refractivity contribution in [2.75, 3.05) is 55.5 Å². The minimum absolute atomic E-state index is 0.0818. The van der Waals surface area contributed by atoms with Gasteiger partial charge in [0, 0.05) is 25.3 Å². The van der Waals surface area contributed by atoms with Crippen molar-refractivity contribution < 1.29 is 14.3 Å². The average Bonchev–Trinajstić information content (AvgIpc) is 3.29. The molecule has 0 atom stereocenters. The number of hydrogen-bond acceptors (Lipinski definition) is 7. The van der Waals surface area contributed by atoms with Gasteiger partial charge in [0.1, 0.15) is 5.75 Å². The van der Waals surface area contributed by atoms with Crippen molar-refractivity contribution in [2.24, 2.45) is 0 Å². The number of hydrogen-bond donors (Lipinski definition) is 0. The van der Waals surface area contributed by atoms with Crippen molar-refractivity contribution in [2.45, 2.75) is 24.5 Å². The lowest BCUT2D eigenvalue weighted by Gasteiger charge is -2.30. The molecule has 8 nitrogen and oxygen atoms in total. The van der Waals surface area contributed by atoms with Crippen LogP contribution in [0.15, 0.2) is 53.7 Å². The van der Waals surface area contributed by atoms with E-state index in [1.54, 1.807) is 7.11 Å². The van der Waals surface area contributed by atoms with E-state index in [9.17, 15) is 4.79 Å². The quantitative estimate of drug-likeness (QED) is 0.482. The molecule has 0 N–H and O–H groups in total. The van der Waals surface area contributed by atoms with Gasteiger partial charge in [-0.3, -0.25) is 9.36 Å². The molecule has 9 heteroatoms. The van der Waals surface area contributed by atoms with E-state index in [0.29, 0.717) is 25.5 Å². The predicted octanol–water partition coefficient (Wildman–Crippen LogP) is 3.24. The van der Waals surface area contributed by atoms with Crippen LogP contribution in [0, 0.1) is 0 Å². The molecule has 34 heavy (non-hydrogen) atoms. The normalized spacial score (nSPS) is 15.8. The van der Waals surface area contributed by atoms with E-state index in [1.807, 2.05) is 41.3 Å². The number of amides is 1. The van der Waals surface area contributed by atoms with Crippen molar-refractivity contribution in [3.63, 3.8) is 0 Å². The molecule has 3 heterocycles. The molecule has 2 aliphatic rings. The molecule has 1 saturated heterocycles. The van der Waals surface area contributed by atoms with Gasteiger partial charge in [-0.2, -0.15) is 0 Å². The molecule has 0 radical (unpaired) electrons. The molecular weight excluding hydrogens is 450 g/mol. The molecule has 0 spiro atoms. The molecule has 2 aliphatic heterocycles. The van der Waals surface area contributed by atoms with Gasteiger partial charge in [-0.25, -0.2) is 0 Å². The van der Waals surface area contributed by atoms with Gasteiger partial charge in [-0.15, -0.1) is 10.2 Å². The Hall–Kier alpha value is -3.04. The number of morpholine rings is 1. The van der Waals surface area contributed by atoms with E-state index >= 15 is 0 Å². The number of thioether (sulfide) groups is 1. The van der Waals surface area contributed by atoms with Crippen molar-refractivity contribution in [3.05, 3.63) is 59.7 Å². The van der Waals surface area contributed by atoms with Crippen molar-refractivity contribution in [3.8, 4) is 5.75 Å². The number of benzene rings is 2. The highest BCUT2D eigenvalue weighted by atomic mass is 32.2. The second-order valence-corrected chi connectivity index (χ2v) is 9.33. The third kappa shape index (κ3) is 4.90. The topological polar surface area (TPSA) is 72.7 Å². The number of methoxy groups -OCH3 is 1. The Labute approximate surface area is 203 Å². The van der Waals surface area contributed by atoms with Crippen LogP contribution in [0.5, 0.6) is 5.75 Å². The smallest absolute Gasteiger partial charge is 0.237 e. The zero-order valence-corrected chi connectivity index (χ0v) is 20.2. The van der Waals surface area contributed by atoms with Gasteiger partial charge in [0.05, 0.1) is 32.6 Å². The minimum Gasteiger partial charge on any atom is -0.497 e. The van der Waals surface area contributed by atoms with Crippen LogP contribution in [0.2, 0.25) is 0 Å². The van der Waals surface area contributed by atoms with Crippen LogP contribution < -0.4 is 14.5 Å². The summed E-state index contributed by atoms with van der Waals surface area (Å²) in [6, 6.07) is 16.2.